The summed E-state index contributed by atoms with van der Waals surface area (Å²) in [5.41, 5.74) is 3.33. The van der Waals surface area contributed by atoms with Crippen LogP contribution < -0.4 is 15.3 Å². The molecule has 0 spiro atoms. The van der Waals surface area contributed by atoms with E-state index in [1.807, 2.05) is 24.3 Å². The molecule has 2 heterocycles. The fraction of sp³-hybridized carbons (Fsp3) is 0.323. The molecule has 0 aliphatic heterocycles. The normalized spacial score (nSPS) is 21.1. The molecular weight excluding hydrogens is 585 g/mol. The monoisotopic (exact) mass is 609 g/mol. The molecule has 3 aliphatic carbocycles. The van der Waals surface area contributed by atoms with Gasteiger partial charge < -0.3 is 14.4 Å². The molecule has 0 saturated heterocycles. The van der Waals surface area contributed by atoms with Gasteiger partial charge in [-0.25, -0.2) is 4.79 Å². The first-order valence-corrected chi connectivity index (χ1v) is 14.8. The molecule has 2 saturated carbocycles. The van der Waals surface area contributed by atoms with E-state index in [9.17, 15) is 9.90 Å². The van der Waals surface area contributed by atoms with Gasteiger partial charge in [0.1, 0.15) is 23.8 Å². The molecule has 210 valence electrons. The molecule has 7 rings (SSSR count). The average molecular weight is 611 g/mol. The van der Waals surface area contributed by atoms with Gasteiger partial charge in [0.15, 0.2) is 5.69 Å². The molecule has 2 fully saturated rings. The summed E-state index contributed by atoms with van der Waals surface area (Å²) < 4.78 is 13.6. The Kier molecular flexibility index (Phi) is 6.64. The van der Waals surface area contributed by atoms with E-state index in [0.717, 1.165) is 47.9 Å². The van der Waals surface area contributed by atoms with Gasteiger partial charge in [-0.1, -0.05) is 64.2 Å². The number of rotatable bonds is 8. The highest BCUT2D eigenvalue weighted by Gasteiger charge is 2.44. The first kappa shape index (κ1) is 26.6. The van der Waals surface area contributed by atoms with Crippen molar-refractivity contribution in [2.75, 3.05) is 0 Å². The van der Waals surface area contributed by atoms with Crippen molar-refractivity contribution in [2.45, 2.75) is 44.1 Å². The summed E-state index contributed by atoms with van der Waals surface area (Å²) in [6.07, 6.45) is 8.11. The summed E-state index contributed by atoms with van der Waals surface area (Å²) >= 11 is 19.8. The molecule has 3 unspecified atom stereocenters. The molecule has 3 aliphatic rings. The molecule has 0 amide bonds. The fourth-order valence-corrected chi connectivity index (χ4v) is 6.97. The van der Waals surface area contributed by atoms with Gasteiger partial charge in [-0.05, 0) is 73.3 Å². The Morgan fingerprint density at radius 3 is 2.63 bits per heavy atom. The number of hydrogen-bond donors (Lipinski definition) is 1. The van der Waals surface area contributed by atoms with Crippen LogP contribution in [0.1, 0.15) is 64.9 Å². The number of carboxylic acids is 1. The third kappa shape index (κ3) is 4.84. The number of carboxylic acid groups (broad SMARTS) is 1. The highest BCUT2D eigenvalue weighted by atomic mass is 35.5. The van der Waals surface area contributed by atoms with Gasteiger partial charge in [0.2, 0.25) is 0 Å². The number of ether oxygens (including phenoxy) is 1. The van der Waals surface area contributed by atoms with Crippen LogP contribution in [-0.4, -0.2) is 26.0 Å². The molecule has 2 aromatic heterocycles. The summed E-state index contributed by atoms with van der Waals surface area (Å²) in [4.78, 5) is 11.5. The van der Waals surface area contributed by atoms with Crippen LogP contribution in [-0.2, 0) is 13.7 Å². The summed E-state index contributed by atoms with van der Waals surface area (Å²) in [5.74, 6) is 1.91. The predicted octanol–water partition coefficient (Wildman–Crippen LogP) is 6.57. The molecule has 10 heteroatoms. The minimum Gasteiger partial charge on any atom is -0.489 e. The van der Waals surface area contributed by atoms with Crippen molar-refractivity contribution in [3.05, 3.63) is 84.6 Å². The van der Waals surface area contributed by atoms with E-state index < -0.39 is 5.97 Å². The van der Waals surface area contributed by atoms with E-state index in [2.05, 4.69) is 16.3 Å². The number of halogens is 3. The molecule has 4 aromatic rings. The molecular formula is C31H26Cl3N3O4. The molecule has 2 aromatic carbocycles. The zero-order valence-corrected chi connectivity index (χ0v) is 24.4. The van der Waals surface area contributed by atoms with Crippen molar-refractivity contribution in [3.8, 4) is 17.0 Å². The Balaban J connectivity index is 1.08. The SMILES string of the molecule is Cn1nc(C(=O)O)c2c1=CC(C1CC1c1ccc(OCc3c(-c4c(Cl)cccc4Cl)noc3C3CC3)cc1Cl)CC=2. The van der Waals surface area contributed by atoms with Crippen LogP contribution in [0.15, 0.2) is 40.9 Å². The molecule has 0 radical (unpaired) electrons. The lowest BCUT2D eigenvalue weighted by Gasteiger charge is -2.14. The number of hydrogen-bond acceptors (Lipinski definition) is 5. The van der Waals surface area contributed by atoms with Gasteiger partial charge in [-0.2, -0.15) is 5.10 Å². The maximum Gasteiger partial charge on any atom is 0.357 e. The van der Waals surface area contributed by atoms with E-state index in [1.54, 1.807) is 29.9 Å². The van der Waals surface area contributed by atoms with Gasteiger partial charge in [0.25, 0.3) is 0 Å². The Labute approximate surface area is 251 Å². The second-order valence-electron chi connectivity index (χ2n) is 11.1. The Hall–Kier alpha value is -3.26. The standard InChI is InChI=1S/C31H26Cl3N3O4/c1-37-26-11-16(7-9-19(26)29(35-37)31(38)39)20-13-21(20)18-10-8-17(12-25(18)34)40-14-22-28(36-41-30(22)15-5-6-15)27-23(32)3-2-4-24(27)33/h2-4,8-12,15-16,20-21H,5-7,13-14H2,1H3,(H,38,39). The van der Waals surface area contributed by atoms with Gasteiger partial charge >= 0.3 is 5.97 Å². The number of aromatic carboxylic acids is 1. The molecule has 3 atom stereocenters. The second-order valence-corrected chi connectivity index (χ2v) is 12.3. The van der Waals surface area contributed by atoms with E-state index in [1.165, 1.54) is 0 Å². The van der Waals surface area contributed by atoms with Crippen molar-refractivity contribution in [2.24, 2.45) is 18.9 Å². The lowest BCUT2D eigenvalue weighted by Crippen LogP contribution is -2.34. The molecule has 41 heavy (non-hydrogen) atoms. The van der Waals surface area contributed by atoms with Crippen LogP contribution in [0.5, 0.6) is 5.75 Å². The number of aromatic nitrogens is 3. The zero-order chi connectivity index (χ0) is 28.4. The number of fused-ring (bicyclic) bond motifs is 1. The van der Waals surface area contributed by atoms with Crippen LogP contribution in [0, 0.1) is 11.8 Å². The van der Waals surface area contributed by atoms with Gasteiger partial charge in [-0.3, -0.25) is 4.68 Å². The predicted molar refractivity (Wildman–Crippen MR) is 157 cm³/mol. The topological polar surface area (TPSA) is 90.4 Å². The minimum atomic E-state index is -1.000. The highest BCUT2D eigenvalue weighted by Crippen LogP contribution is 2.55. The Morgan fingerprint density at radius 2 is 1.93 bits per heavy atom. The summed E-state index contributed by atoms with van der Waals surface area (Å²) in [6, 6.07) is 11.2. The molecule has 7 nitrogen and oxygen atoms in total. The zero-order valence-electron chi connectivity index (χ0n) is 22.1. The minimum absolute atomic E-state index is 0.112. The first-order valence-electron chi connectivity index (χ1n) is 13.6. The van der Waals surface area contributed by atoms with Crippen LogP contribution >= 0.6 is 34.8 Å². The van der Waals surface area contributed by atoms with Crippen LogP contribution in [0.2, 0.25) is 15.1 Å². The maximum atomic E-state index is 11.5. The van der Waals surface area contributed by atoms with Crippen molar-refractivity contribution in [1.82, 2.24) is 14.9 Å². The van der Waals surface area contributed by atoms with E-state index in [-0.39, 0.29) is 12.3 Å². The summed E-state index contributed by atoms with van der Waals surface area (Å²) in [5, 5.41) is 21.3. The third-order valence-electron chi connectivity index (χ3n) is 8.41. The van der Waals surface area contributed by atoms with Crippen LogP contribution in [0.3, 0.4) is 0 Å². The summed E-state index contributed by atoms with van der Waals surface area (Å²) in [7, 11) is 1.79. The Bertz CT molecular complexity index is 1800. The van der Waals surface area contributed by atoms with Crippen molar-refractivity contribution in [3.63, 3.8) is 0 Å². The van der Waals surface area contributed by atoms with Crippen molar-refractivity contribution in [1.29, 1.82) is 0 Å². The third-order valence-corrected chi connectivity index (χ3v) is 9.37. The number of nitrogens with zero attached hydrogens (tertiary/aromatic N) is 3. The lowest BCUT2D eigenvalue weighted by atomic mass is 9.92. The van der Waals surface area contributed by atoms with Gasteiger partial charge in [-0.15, -0.1) is 0 Å². The maximum absolute atomic E-state index is 11.5. The molecule has 1 N–H and O–H groups in total. The molecule has 0 bridgehead atoms. The van der Waals surface area contributed by atoms with Gasteiger partial charge in [0, 0.05) is 28.8 Å². The number of carbonyl (C=O) groups is 1. The summed E-state index contributed by atoms with van der Waals surface area (Å²) in [6.45, 7) is 0.256. The fourth-order valence-electron chi connectivity index (χ4n) is 6.08. The average Bonchev–Trinajstić information content (AvgIpc) is 3.87. The smallest absolute Gasteiger partial charge is 0.357 e. The van der Waals surface area contributed by atoms with E-state index in [0.29, 0.717) is 61.0 Å². The van der Waals surface area contributed by atoms with Crippen LogP contribution in [0.4, 0.5) is 0 Å². The van der Waals surface area contributed by atoms with Crippen LogP contribution in [0.25, 0.3) is 23.4 Å². The van der Waals surface area contributed by atoms with Gasteiger partial charge in [0.05, 0.1) is 21.0 Å². The van der Waals surface area contributed by atoms with E-state index in [4.69, 9.17) is 44.1 Å². The number of aryl methyl sites for hydroxylation is 1. The van der Waals surface area contributed by atoms with Crippen molar-refractivity contribution >= 4 is 52.9 Å². The second kappa shape index (κ2) is 10.2. The number of benzene rings is 2. The van der Waals surface area contributed by atoms with Crippen molar-refractivity contribution < 1.29 is 19.2 Å². The first-order chi connectivity index (χ1) is 19.8. The van der Waals surface area contributed by atoms with E-state index >= 15 is 0 Å². The largest absolute Gasteiger partial charge is 0.489 e. The Morgan fingerprint density at radius 1 is 1.15 bits per heavy atom. The highest BCUT2D eigenvalue weighted by molar-refractivity contribution is 6.39. The quantitative estimate of drug-likeness (QED) is 0.243. The lowest BCUT2D eigenvalue weighted by molar-refractivity contribution is 0.0688.